The van der Waals surface area contributed by atoms with Gasteiger partial charge in [0.2, 0.25) is 0 Å². The molecule has 1 aliphatic rings. The van der Waals surface area contributed by atoms with Gasteiger partial charge in [-0.3, -0.25) is 9.69 Å². The summed E-state index contributed by atoms with van der Waals surface area (Å²) in [6.07, 6.45) is 2.51. The van der Waals surface area contributed by atoms with E-state index in [-0.39, 0.29) is 5.91 Å². The molecule has 0 aliphatic carbocycles. The van der Waals surface area contributed by atoms with Crippen LogP contribution in [-0.4, -0.2) is 35.9 Å². The molecule has 0 bridgehead atoms. The maximum atomic E-state index is 13.0. The third-order valence-corrected chi connectivity index (χ3v) is 7.22. The summed E-state index contributed by atoms with van der Waals surface area (Å²) in [7, 11) is 3.21. The fourth-order valence-corrected chi connectivity index (χ4v) is 5.06. The zero-order valence-electron chi connectivity index (χ0n) is 19.3. The van der Waals surface area contributed by atoms with Crippen molar-refractivity contribution in [1.82, 2.24) is 4.90 Å². The number of carbonyl (C=O) groups excluding carboxylic acids is 1. The highest BCUT2D eigenvalue weighted by Gasteiger charge is 2.31. The van der Waals surface area contributed by atoms with Crippen molar-refractivity contribution in [2.24, 2.45) is 0 Å². The molecule has 0 saturated carbocycles. The van der Waals surface area contributed by atoms with E-state index < -0.39 is 0 Å². The van der Waals surface area contributed by atoms with Gasteiger partial charge >= 0.3 is 0 Å². The van der Waals surface area contributed by atoms with E-state index >= 15 is 0 Å². The van der Waals surface area contributed by atoms with Crippen LogP contribution in [0.1, 0.15) is 16.7 Å². The summed E-state index contributed by atoms with van der Waals surface area (Å²) in [5.41, 5.74) is 2.86. The molecular formula is C27H24ClNO4S2. The number of methoxy groups -OCH3 is 2. The van der Waals surface area contributed by atoms with Crippen LogP contribution in [0, 0.1) is 0 Å². The standard InChI is InChI=1S/C27H24ClNO4S2/c1-31-23-12-9-19(15-24(23)32-2)13-14-29-26(30)25(35-27(29)34)16-18-7-10-21(11-8-18)33-17-20-5-3-4-6-22(20)28/h3-12,15-16H,13-14,17H2,1-2H3. The third kappa shape index (κ3) is 6.17. The van der Waals surface area contributed by atoms with Crippen molar-refractivity contribution in [3.63, 3.8) is 0 Å². The number of amides is 1. The molecular weight excluding hydrogens is 502 g/mol. The SMILES string of the molecule is COc1ccc(CCN2C(=O)C(=Cc3ccc(OCc4ccccc4Cl)cc3)SC2=S)cc1OC. The first-order valence-electron chi connectivity index (χ1n) is 10.9. The number of carbonyl (C=O) groups is 1. The van der Waals surface area contributed by atoms with E-state index in [0.29, 0.717) is 45.3 Å². The first-order valence-corrected chi connectivity index (χ1v) is 12.5. The van der Waals surface area contributed by atoms with Gasteiger partial charge in [0.15, 0.2) is 11.5 Å². The van der Waals surface area contributed by atoms with E-state index in [1.54, 1.807) is 19.1 Å². The normalized spacial score (nSPS) is 14.5. The van der Waals surface area contributed by atoms with Crippen molar-refractivity contribution in [3.8, 4) is 17.2 Å². The number of nitrogens with zero attached hydrogens (tertiary/aromatic N) is 1. The Morgan fingerprint density at radius 1 is 1.00 bits per heavy atom. The van der Waals surface area contributed by atoms with Crippen LogP contribution in [-0.2, 0) is 17.8 Å². The molecule has 0 radical (unpaired) electrons. The Labute approximate surface area is 219 Å². The number of benzene rings is 3. The van der Waals surface area contributed by atoms with Crippen molar-refractivity contribution in [2.75, 3.05) is 20.8 Å². The summed E-state index contributed by atoms with van der Waals surface area (Å²) in [5.74, 6) is 1.98. The molecule has 8 heteroatoms. The summed E-state index contributed by atoms with van der Waals surface area (Å²) in [6, 6.07) is 20.9. The third-order valence-electron chi connectivity index (χ3n) is 5.48. The summed E-state index contributed by atoms with van der Waals surface area (Å²) >= 11 is 13.0. The van der Waals surface area contributed by atoms with Gasteiger partial charge in [-0.1, -0.05) is 72.0 Å². The second-order valence-electron chi connectivity index (χ2n) is 7.72. The van der Waals surface area contributed by atoms with Crippen molar-refractivity contribution < 1.29 is 19.0 Å². The Morgan fingerprint density at radius 3 is 2.46 bits per heavy atom. The average molecular weight is 526 g/mol. The van der Waals surface area contributed by atoms with Gasteiger partial charge in [-0.15, -0.1) is 0 Å². The van der Waals surface area contributed by atoms with Gasteiger partial charge in [0, 0.05) is 17.1 Å². The fourth-order valence-electron chi connectivity index (χ4n) is 3.56. The molecule has 35 heavy (non-hydrogen) atoms. The Hall–Kier alpha value is -3.00. The molecule has 1 saturated heterocycles. The lowest BCUT2D eigenvalue weighted by Crippen LogP contribution is -2.30. The van der Waals surface area contributed by atoms with Gasteiger partial charge < -0.3 is 14.2 Å². The van der Waals surface area contributed by atoms with Crippen molar-refractivity contribution >= 4 is 51.9 Å². The van der Waals surface area contributed by atoms with Gasteiger partial charge in [-0.05, 0) is 54.0 Å². The van der Waals surface area contributed by atoms with Crippen molar-refractivity contribution in [2.45, 2.75) is 13.0 Å². The molecule has 0 aromatic heterocycles. The topological polar surface area (TPSA) is 48.0 Å². The minimum absolute atomic E-state index is 0.0838. The van der Waals surface area contributed by atoms with E-state index in [2.05, 4.69) is 0 Å². The van der Waals surface area contributed by atoms with Crippen LogP contribution in [0.4, 0.5) is 0 Å². The molecule has 1 aliphatic heterocycles. The summed E-state index contributed by atoms with van der Waals surface area (Å²) in [4.78, 5) is 15.2. The predicted molar refractivity (Wildman–Crippen MR) is 145 cm³/mol. The molecule has 3 aromatic rings. The molecule has 0 atom stereocenters. The minimum atomic E-state index is -0.0838. The van der Waals surface area contributed by atoms with Gasteiger partial charge in [0.1, 0.15) is 16.7 Å². The molecule has 180 valence electrons. The second-order valence-corrected chi connectivity index (χ2v) is 9.80. The molecule has 1 amide bonds. The lowest BCUT2D eigenvalue weighted by atomic mass is 10.1. The number of thiocarbonyl (C=S) groups is 1. The maximum absolute atomic E-state index is 13.0. The summed E-state index contributed by atoms with van der Waals surface area (Å²) in [5, 5.41) is 0.678. The van der Waals surface area contributed by atoms with Crippen LogP contribution >= 0.6 is 35.6 Å². The molecule has 0 N–H and O–H groups in total. The Balaban J connectivity index is 1.37. The number of hydrogen-bond acceptors (Lipinski definition) is 6. The zero-order chi connectivity index (χ0) is 24.8. The number of ether oxygens (including phenoxy) is 3. The molecule has 4 rings (SSSR count). The van der Waals surface area contributed by atoms with E-state index in [0.717, 1.165) is 22.4 Å². The van der Waals surface area contributed by atoms with Gasteiger partial charge in [-0.2, -0.15) is 0 Å². The maximum Gasteiger partial charge on any atom is 0.266 e. The lowest BCUT2D eigenvalue weighted by Gasteiger charge is -2.15. The number of hydrogen-bond donors (Lipinski definition) is 0. The molecule has 5 nitrogen and oxygen atoms in total. The van der Waals surface area contributed by atoms with Crippen LogP contribution in [0.25, 0.3) is 6.08 Å². The van der Waals surface area contributed by atoms with E-state index in [9.17, 15) is 4.79 Å². The smallest absolute Gasteiger partial charge is 0.266 e. The molecule has 3 aromatic carbocycles. The second kappa shape index (κ2) is 11.6. The Kier molecular flexibility index (Phi) is 8.33. The van der Waals surface area contributed by atoms with Crippen LogP contribution in [0.2, 0.25) is 5.02 Å². The predicted octanol–water partition coefficient (Wildman–Crippen LogP) is 6.38. The fraction of sp³-hybridized carbons (Fsp3) is 0.185. The van der Waals surface area contributed by atoms with E-state index in [4.69, 9.17) is 38.0 Å². The Bertz CT molecular complexity index is 1260. The first kappa shape index (κ1) is 25.1. The molecule has 0 unspecified atom stereocenters. The largest absolute Gasteiger partial charge is 0.493 e. The number of thioether (sulfide) groups is 1. The van der Waals surface area contributed by atoms with Crippen LogP contribution in [0.5, 0.6) is 17.2 Å². The highest BCUT2D eigenvalue weighted by molar-refractivity contribution is 8.26. The zero-order valence-corrected chi connectivity index (χ0v) is 21.7. The number of halogens is 1. The van der Waals surface area contributed by atoms with Crippen LogP contribution in [0.3, 0.4) is 0 Å². The molecule has 1 fully saturated rings. The Morgan fingerprint density at radius 2 is 1.74 bits per heavy atom. The molecule has 1 heterocycles. The quantitative estimate of drug-likeness (QED) is 0.238. The monoisotopic (exact) mass is 525 g/mol. The number of rotatable bonds is 9. The first-order chi connectivity index (χ1) is 17.0. The van der Waals surface area contributed by atoms with Crippen molar-refractivity contribution in [3.05, 3.63) is 93.3 Å². The highest BCUT2D eigenvalue weighted by atomic mass is 35.5. The van der Waals surface area contributed by atoms with Gasteiger partial charge in [-0.25, -0.2) is 0 Å². The van der Waals surface area contributed by atoms with E-state index in [1.165, 1.54) is 11.8 Å². The van der Waals surface area contributed by atoms with Crippen LogP contribution < -0.4 is 14.2 Å². The van der Waals surface area contributed by atoms with Crippen LogP contribution in [0.15, 0.2) is 71.6 Å². The molecule has 0 spiro atoms. The average Bonchev–Trinajstić information content (AvgIpc) is 3.14. The minimum Gasteiger partial charge on any atom is -0.493 e. The van der Waals surface area contributed by atoms with Gasteiger partial charge in [0.25, 0.3) is 5.91 Å². The summed E-state index contributed by atoms with van der Waals surface area (Å²) < 4.78 is 17.0. The van der Waals surface area contributed by atoms with Crippen molar-refractivity contribution in [1.29, 1.82) is 0 Å². The van der Waals surface area contributed by atoms with Gasteiger partial charge in [0.05, 0.1) is 19.1 Å². The van der Waals surface area contributed by atoms with E-state index in [1.807, 2.05) is 72.8 Å². The highest BCUT2D eigenvalue weighted by Crippen LogP contribution is 2.33. The lowest BCUT2D eigenvalue weighted by molar-refractivity contribution is -0.122. The summed E-state index contributed by atoms with van der Waals surface area (Å²) in [6.45, 7) is 0.879.